The van der Waals surface area contributed by atoms with Gasteiger partial charge in [0, 0.05) is 18.1 Å². The first-order valence-corrected chi connectivity index (χ1v) is 7.47. The van der Waals surface area contributed by atoms with Crippen LogP contribution in [0.5, 0.6) is 0 Å². The van der Waals surface area contributed by atoms with Gasteiger partial charge >= 0.3 is 10.2 Å². The number of halogens is 4. The quantitative estimate of drug-likeness (QED) is 0.841. The van der Waals surface area contributed by atoms with Crippen molar-refractivity contribution >= 4 is 43.4 Å². The monoisotopic (exact) mass is 360 g/mol. The fraction of sp³-hybridized carbons (Fsp3) is 0.333. The maximum Gasteiger partial charge on any atom is 0.301 e. The van der Waals surface area contributed by atoms with Crippen LogP contribution in [-0.4, -0.2) is 32.0 Å². The number of nitrogens with zero attached hydrogens (tertiary/aromatic N) is 1. The Kier molecular flexibility index (Phi) is 3.82. The molecule has 4 nitrogen and oxygen atoms in total. The van der Waals surface area contributed by atoms with Gasteiger partial charge in [-0.25, -0.2) is 8.78 Å². The molecule has 1 fully saturated rings. The van der Waals surface area contributed by atoms with Crippen LogP contribution in [0.1, 0.15) is 0 Å². The molecule has 0 amide bonds. The lowest BCUT2D eigenvalue weighted by Gasteiger charge is -2.33. The maximum absolute atomic E-state index is 13.6. The molecule has 9 heteroatoms. The van der Waals surface area contributed by atoms with E-state index in [0.29, 0.717) is 0 Å². The van der Waals surface area contributed by atoms with Gasteiger partial charge in [-0.3, -0.25) is 4.72 Å². The zero-order chi connectivity index (χ0) is 13.5. The molecule has 0 atom stereocenters. The van der Waals surface area contributed by atoms with Gasteiger partial charge < -0.3 is 0 Å². The van der Waals surface area contributed by atoms with E-state index < -0.39 is 22.2 Å². The van der Waals surface area contributed by atoms with Crippen LogP contribution in [0.2, 0.25) is 5.02 Å². The van der Waals surface area contributed by atoms with Crippen molar-refractivity contribution in [1.29, 1.82) is 0 Å². The molecule has 100 valence electrons. The van der Waals surface area contributed by atoms with Crippen molar-refractivity contribution in [2.75, 3.05) is 17.8 Å². The van der Waals surface area contributed by atoms with Gasteiger partial charge in [-0.1, -0.05) is 11.6 Å². The first-order valence-electron chi connectivity index (χ1n) is 4.86. The van der Waals surface area contributed by atoms with Crippen LogP contribution in [0.4, 0.5) is 14.5 Å². The summed E-state index contributed by atoms with van der Waals surface area (Å²) in [5.74, 6) is -0.778. The second-order valence-electron chi connectivity index (χ2n) is 3.77. The lowest BCUT2D eigenvalue weighted by Crippen LogP contribution is -2.53. The summed E-state index contributed by atoms with van der Waals surface area (Å²) in [6, 6.07) is 2.45. The Hall–Kier alpha value is -0.440. The second kappa shape index (κ2) is 4.92. The fourth-order valence-corrected chi connectivity index (χ4v) is 3.50. The standard InChI is InChI=1S/C9H8BrClF2N2O2S/c10-7-1-5(11)2-8(9(7)13)14-18(16,17)15-3-6(12)4-15/h1-2,6,14H,3-4H2. The van der Waals surface area contributed by atoms with Crippen LogP contribution in [0.15, 0.2) is 16.6 Å². The highest BCUT2D eigenvalue weighted by Crippen LogP contribution is 2.29. The molecule has 0 bridgehead atoms. The first-order chi connectivity index (χ1) is 8.29. The molecule has 0 unspecified atom stereocenters. The van der Waals surface area contributed by atoms with Crippen LogP contribution >= 0.6 is 27.5 Å². The third kappa shape index (κ3) is 2.76. The van der Waals surface area contributed by atoms with Gasteiger partial charge in [0.1, 0.15) is 6.17 Å². The van der Waals surface area contributed by atoms with Crippen LogP contribution < -0.4 is 4.72 Å². The van der Waals surface area contributed by atoms with E-state index in [4.69, 9.17) is 11.6 Å². The Morgan fingerprint density at radius 1 is 1.44 bits per heavy atom. The van der Waals surface area contributed by atoms with E-state index in [0.717, 1.165) is 10.4 Å². The summed E-state index contributed by atoms with van der Waals surface area (Å²) in [6.07, 6.45) is -1.17. The number of alkyl halides is 1. The summed E-state index contributed by atoms with van der Waals surface area (Å²) >= 11 is 8.61. The highest BCUT2D eigenvalue weighted by Gasteiger charge is 2.36. The predicted molar refractivity (Wildman–Crippen MR) is 68.1 cm³/mol. The minimum Gasteiger partial charge on any atom is -0.268 e. The third-order valence-electron chi connectivity index (χ3n) is 2.38. The molecule has 18 heavy (non-hydrogen) atoms. The fourth-order valence-electron chi connectivity index (χ4n) is 1.42. The summed E-state index contributed by atoms with van der Waals surface area (Å²) in [5.41, 5.74) is -0.281. The van der Waals surface area contributed by atoms with E-state index in [2.05, 4.69) is 15.9 Å². The normalized spacial score (nSPS) is 17.6. The van der Waals surface area contributed by atoms with E-state index in [1.165, 1.54) is 6.07 Å². The van der Waals surface area contributed by atoms with Crippen LogP contribution in [0.25, 0.3) is 0 Å². The number of rotatable bonds is 3. The van der Waals surface area contributed by atoms with Crippen molar-refractivity contribution in [3.63, 3.8) is 0 Å². The number of hydrogen-bond acceptors (Lipinski definition) is 2. The summed E-state index contributed by atoms with van der Waals surface area (Å²) in [6.45, 7) is -0.447. The van der Waals surface area contributed by atoms with Gasteiger partial charge in [-0.15, -0.1) is 0 Å². The SMILES string of the molecule is O=S(=O)(Nc1cc(Cl)cc(Br)c1F)N1CC(F)C1. The van der Waals surface area contributed by atoms with Crippen molar-refractivity contribution in [2.24, 2.45) is 0 Å². The average molecular weight is 362 g/mol. The van der Waals surface area contributed by atoms with E-state index >= 15 is 0 Å². The van der Waals surface area contributed by atoms with Gasteiger partial charge in [0.25, 0.3) is 0 Å². The minimum atomic E-state index is -3.94. The van der Waals surface area contributed by atoms with Crippen LogP contribution in [0, 0.1) is 5.82 Å². The Bertz CT molecular complexity index is 578. The summed E-state index contributed by atoms with van der Waals surface area (Å²) in [7, 11) is -3.94. The molecule has 0 spiro atoms. The van der Waals surface area contributed by atoms with E-state index in [1.807, 2.05) is 4.72 Å². The predicted octanol–water partition coefficient (Wildman–Crippen LogP) is 2.55. The minimum absolute atomic E-state index is 0.0414. The molecule has 0 saturated carbocycles. The highest BCUT2D eigenvalue weighted by molar-refractivity contribution is 9.10. The van der Waals surface area contributed by atoms with Crippen molar-refractivity contribution in [1.82, 2.24) is 4.31 Å². The number of benzene rings is 1. The smallest absolute Gasteiger partial charge is 0.268 e. The Labute approximate surface area is 116 Å². The van der Waals surface area contributed by atoms with Gasteiger partial charge in [-0.05, 0) is 28.1 Å². The molecule has 1 aliphatic heterocycles. The molecule has 1 N–H and O–H groups in total. The molecular formula is C9H8BrClF2N2O2S. The Morgan fingerprint density at radius 2 is 2.06 bits per heavy atom. The zero-order valence-electron chi connectivity index (χ0n) is 8.83. The van der Waals surface area contributed by atoms with Crippen molar-refractivity contribution in [2.45, 2.75) is 6.17 Å². The summed E-state index contributed by atoms with van der Waals surface area (Å²) in [4.78, 5) is 0. The Morgan fingerprint density at radius 3 is 2.61 bits per heavy atom. The van der Waals surface area contributed by atoms with Crippen molar-refractivity contribution < 1.29 is 17.2 Å². The zero-order valence-corrected chi connectivity index (χ0v) is 12.0. The van der Waals surface area contributed by atoms with E-state index in [1.54, 1.807) is 0 Å². The van der Waals surface area contributed by atoms with Crippen molar-refractivity contribution in [3.8, 4) is 0 Å². The molecule has 0 aromatic heterocycles. The van der Waals surface area contributed by atoms with Crippen molar-refractivity contribution in [3.05, 3.63) is 27.4 Å². The van der Waals surface area contributed by atoms with E-state index in [-0.39, 0.29) is 28.3 Å². The largest absolute Gasteiger partial charge is 0.301 e. The molecule has 1 aromatic rings. The van der Waals surface area contributed by atoms with Crippen LogP contribution in [-0.2, 0) is 10.2 Å². The second-order valence-corrected chi connectivity index (χ2v) is 6.73. The topological polar surface area (TPSA) is 49.4 Å². The number of hydrogen-bond donors (Lipinski definition) is 1. The molecule has 1 aliphatic rings. The highest BCUT2D eigenvalue weighted by atomic mass is 79.9. The maximum atomic E-state index is 13.6. The number of anilines is 1. The van der Waals surface area contributed by atoms with Gasteiger partial charge in [0.2, 0.25) is 0 Å². The first kappa shape index (κ1) is 14.0. The molecule has 1 heterocycles. The van der Waals surface area contributed by atoms with Gasteiger partial charge in [0.15, 0.2) is 5.82 Å². The van der Waals surface area contributed by atoms with Crippen LogP contribution in [0.3, 0.4) is 0 Å². The summed E-state index contributed by atoms with van der Waals surface area (Å²) in [5, 5.41) is 0.174. The van der Waals surface area contributed by atoms with Gasteiger partial charge in [0.05, 0.1) is 10.2 Å². The molecular weight excluding hydrogens is 354 g/mol. The third-order valence-corrected chi connectivity index (χ3v) is 4.63. The lowest BCUT2D eigenvalue weighted by molar-refractivity contribution is 0.142. The molecule has 2 rings (SSSR count). The molecule has 1 aromatic carbocycles. The molecule has 0 radical (unpaired) electrons. The van der Waals surface area contributed by atoms with E-state index in [9.17, 15) is 17.2 Å². The van der Waals surface area contributed by atoms with Gasteiger partial charge in [-0.2, -0.15) is 12.7 Å². The summed E-state index contributed by atoms with van der Waals surface area (Å²) < 4.78 is 52.7. The Balaban J connectivity index is 2.24. The molecule has 0 aliphatic carbocycles. The molecule has 1 saturated heterocycles. The lowest BCUT2D eigenvalue weighted by atomic mass is 10.3. The number of nitrogens with one attached hydrogen (secondary N) is 1. The average Bonchev–Trinajstić information content (AvgIpc) is 2.20.